The van der Waals surface area contributed by atoms with Gasteiger partial charge in [0.15, 0.2) is 0 Å². The highest BCUT2D eigenvalue weighted by Gasteiger charge is 2.08. The normalized spacial score (nSPS) is 10.2. The molecule has 0 amide bonds. The summed E-state index contributed by atoms with van der Waals surface area (Å²) < 4.78 is 6.19. The second-order valence-electron chi connectivity index (χ2n) is 3.30. The highest BCUT2D eigenvalue weighted by molar-refractivity contribution is 5.90. The van der Waals surface area contributed by atoms with Crippen LogP contribution in [-0.2, 0) is 4.74 Å². The first-order valence-electron chi connectivity index (χ1n) is 5.12. The van der Waals surface area contributed by atoms with E-state index in [2.05, 4.69) is 10.2 Å². The third-order valence-corrected chi connectivity index (χ3v) is 2.19. The molecular formula is C11H11N3O3. The average Bonchev–Trinajstić information content (AvgIpc) is 2.76. The lowest BCUT2D eigenvalue weighted by Crippen LogP contribution is -2.14. The summed E-state index contributed by atoms with van der Waals surface area (Å²) in [7, 11) is 0. The summed E-state index contributed by atoms with van der Waals surface area (Å²) in [5.74, 6) is -0.411. The van der Waals surface area contributed by atoms with E-state index in [0.717, 1.165) is 0 Å². The van der Waals surface area contributed by atoms with Gasteiger partial charge in [-0.15, -0.1) is 0 Å². The van der Waals surface area contributed by atoms with E-state index >= 15 is 0 Å². The van der Waals surface area contributed by atoms with E-state index in [4.69, 9.17) is 4.74 Å². The summed E-state index contributed by atoms with van der Waals surface area (Å²) in [6.45, 7) is 2.05. The predicted octanol–water partition coefficient (Wildman–Crippen LogP) is 0.737. The molecule has 1 heterocycles. The smallest absolute Gasteiger partial charge is 0.347 e. The second kappa shape index (κ2) is 4.65. The Morgan fingerprint density at radius 1 is 1.53 bits per heavy atom. The highest BCUT2D eigenvalue weighted by atomic mass is 16.5. The fraction of sp³-hybridized carbons (Fsp3) is 0.182. The molecule has 0 saturated carbocycles. The molecule has 6 nitrogen and oxygen atoms in total. The molecule has 0 bridgehead atoms. The number of benzene rings is 1. The van der Waals surface area contributed by atoms with Crippen molar-refractivity contribution in [2.24, 2.45) is 0 Å². The number of nitrogens with one attached hydrogen (secondary N) is 1. The Hall–Kier alpha value is -2.37. The van der Waals surface area contributed by atoms with Gasteiger partial charge in [-0.1, -0.05) is 6.07 Å². The molecule has 1 N–H and O–H groups in total. The van der Waals surface area contributed by atoms with Crippen LogP contribution in [0.15, 0.2) is 35.4 Å². The minimum atomic E-state index is -0.411. The molecule has 2 rings (SSSR count). The number of H-pyrrole nitrogens is 1. The second-order valence-corrected chi connectivity index (χ2v) is 3.30. The van der Waals surface area contributed by atoms with Crippen molar-refractivity contribution >= 4 is 5.97 Å². The van der Waals surface area contributed by atoms with Crippen LogP contribution < -0.4 is 5.69 Å². The van der Waals surface area contributed by atoms with Gasteiger partial charge >= 0.3 is 11.7 Å². The number of hydrogen-bond acceptors (Lipinski definition) is 4. The van der Waals surface area contributed by atoms with Crippen LogP contribution in [0, 0.1) is 0 Å². The number of rotatable bonds is 3. The van der Waals surface area contributed by atoms with Crippen molar-refractivity contribution in [2.75, 3.05) is 6.61 Å². The van der Waals surface area contributed by atoms with Gasteiger partial charge in [-0.05, 0) is 25.1 Å². The van der Waals surface area contributed by atoms with Crippen LogP contribution in [0.1, 0.15) is 17.3 Å². The Morgan fingerprint density at radius 3 is 3.00 bits per heavy atom. The van der Waals surface area contributed by atoms with E-state index in [9.17, 15) is 9.59 Å². The Kier molecular flexibility index (Phi) is 3.04. The van der Waals surface area contributed by atoms with Crippen LogP contribution in [0.4, 0.5) is 0 Å². The molecule has 2 aromatic rings. The summed E-state index contributed by atoms with van der Waals surface area (Å²) in [5.41, 5.74) is 0.609. The number of nitrogens with zero attached hydrogens (tertiary/aromatic N) is 2. The van der Waals surface area contributed by atoms with Crippen LogP contribution in [0.5, 0.6) is 0 Å². The molecule has 0 saturated heterocycles. The lowest BCUT2D eigenvalue weighted by atomic mass is 10.2. The van der Waals surface area contributed by atoms with Crippen LogP contribution in [0.3, 0.4) is 0 Å². The fourth-order valence-electron chi connectivity index (χ4n) is 1.43. The topological polar surface area (TPSA) is 77.0 Å². The summed E-state index contributed by atoms with van der Waals surface area (Å²) in [5, 5.41) is 5.90. The highest BCUT2D eigenvalue weighted by Crippen LogP contribution is 2.09. The molecule has 17 heavy (non-hydrogen) atoms. The average molecular weight is 233 g/mol. The molecule has 6 heteroatoms. The SMILES string of the molecule is CCOC(=O)c1cccc(-n2cn[nH]c2=O)c1. The molecule has 0 aliphatic carbocycles. The van der Waals surface area contributed by atoms with Crippen molar-refractivity contribution in [2.45, 2.75) is 6.92 Å². The van der Waals surface area contributed by atoms with Crippen LogP contribution in [0.2, 0.25) is 0 Å². The molecule has 0 radical (unpaired) electrons. The lowest BCUT2D eigenvalue weighted by molar-refractivity contribution is 0.0526. The zero-order chi connectivity index (χ0) is 12.3. The maximum absolute atomic E-state index is 11.5. The van der Waals surface area contributed by atoms with Gasteiger partial charge in [0.25, 0.3) is 0 Å². The molecular weight excluding hydrogens is 222 g/mol. The summed E-state index contributed by atoms with van der Waals surface area (Å²) in [6, 6.07) is 6.60. The maximum atomic E-state index is 11.5. The van der Waals surface area contributed by atoms with Crippen LogP contribution in [-0.4, -0.2) is 27.3 Å². The van der Waals surface area contributed by atoms with Gasteiger partial charge < -0.3 is 4.74 Å². The van der Waals surface area contributed by atoms with Crippen molar-refractivity contribution < 1.29 is 9.53 Å². The number of carbonyl (C=O) groups is 1. The number of hydrogen-bond donors (Lipinski definition) is 1. The monoisotopic (exact) mass is 233 g/mol. The van der Waals surface area contributed by atoms with Gasteiger partial charge in [0, 0.05) is 0 Å². The number of carbonyl (C=O) groups excluding carboxylic acids is 1. The maximum Gasteiger partial charge on any atom is 0.347 e. The van der Waals surface area contributed by atoms with E-state index < -0.39 is 5.97 Å². The van der Waals surface area contributed by atoms with Crippen LogP contribution in [0.25, 0.3) is 5.69 Å². The first-order valence-corrected chi connectivity index (χ1v) is 5.12. The molecule has 0 unspecified atom stereocenters. The Labute approximate surface area is 96.8 Å². The Morgan fingerprint density at radius 2 is 2.35 bits per heavy atom. The minimum Gasteiger partial charge on any atom is -0.462 e. The van der Waals surface area contributed by atoms with Gasteiger partial charge in [-0.3, -0.25) is 0 Å². The van der Waals surface area contributed by atoms with E-state index in [1.807, 2.05) is 0 Å². The van der Waals surface area contributed by atoms with E-state index in [0.29, 0.717) is 17.9 Å². The van der Waals surface area contributed by atoms with E-state index in [1.165, 1.54) is 10.9 Å². The molecule has 0 aliphatic rings. The molecule has 0 fully saturated rings. The number of ether oxygens (including phenoxy) is 1. The molecule has 0 aliphatic heterocycles. The van der Waals surface area contributed by atoms with E-state index in [-0.39, 0.29) is 5.69 Å². The van der Waals surface area contributed by atoms with Crippen molar-refractivity contribution in [3.8, 4) is 5.69 Å². The van der Waals surface area contributed by atoms with Gasteiger partial charge in [0.1, 0.15) is 6.33 Å². The largest absolute Gasteiger partial charge is 0.462 e. The Bertz CT molecular complexity index is 585. The van der Waals surface area contributed by atoms with Gasteiger partial charge in [-0.2, -0.15) is 5.10 Å². The van der Waals surface area contributed by atoms with Gasteiger partial charge in [0.05, 0.1) is 17.9 Å². The predicted molar refractivity (Wildman–Crippen MR) is 60.1 cm³/mol. The standard InChI is InChI=1S/C11H11N3O3/c1-2-17-10(15)8-4-3-5-9(6-8)14-7-12-13-11(14)16/h3-7H,2H2,1H3,(H,13,16). The fourth-order valence-corrected chi connectivity index (χ4v) is 1.43. The minimum absolute atomic E-state index is 0.314. The first kappa shape index (κ1) is 11.1. The van der Waals surface area contributed by atoms with Crippen molar-refractivity contribution in [1.29, 1.82) is 0 Å². The third-order valence-electron chi connectivity index (χ3n) is 2.19. The number of aromatic amines is 1. The van der Waals surface area contributed by atoms with Crippen LogP contribution >= 0.6 is 0 Å². The first-order chi connectivity index (χ1) is 8.22. The summed E-state index contributed by atoms with van der Waals surface area (Å²) in [4.78, 5) is 22.9. The Balaban J connectivity index is 2.39. The summed E-state index contributed by atoms with van der Waals surface area (Å²) in [6.07, 6.45) is 1.35. The molecule has 0 spiro atoms. The third kappa shape index (κ3) is 2.25. The van der Waals surface area contributed by atoms with Gasteiger partial charge in [0.2, 0.25) is 0 Å². The number of aromatic nitrogens is 3. The van der Waals surface area contributed by atoms with Gasteiger partial charge in [-0.25, -0.2) is 19.3 Å². The molecule has 1 aromatic carbocycles. The number of esters is 1. The zero-order valence-corrected chi connectivity index (χ0v) is 9.21. The molecule has 88 valence electrons. The van der Waals surface area contributed by atoms with E-state index in [1.54, 1.807) is 31.2 Å². The van der Waals surface area contributed by atoms with Crippen molar-refractivity contribution in [1.82, 2.24) is 14.8 Å². The van der Waals surface area contributed by atoms with Crippen molar-refractivity contribution in [3.05, 3.63) is 46.6 Å². The molecule has 1 aromatic heterocycles. The lowest BCUT2D eigenvalue weighted by Gasteiger charge is -2.04. The van der Waals surface area contributed by atoms with Crippen molar-refractivity contribution in [3.63, 3.8) is 0 Å². The quantitative estimate of drug-likeness (QED) is 0.793. The summed E-state index contributed by atoms with van der Waals surface area (Å²) >= 11 is 0. The molecule has 0 atom stereocenters. The zero-order valence-electron chi connectivity index (χ0n) is 9.21.